The van der Waals surface area contributed by atoms with Gasteiger partial charge in [0.05, 0.1) is 0 Å². The predicted octanol–water partition coefficient (Wildman–Crippen LogP) is -1.29. The van der Waals surface area contributed by atoms with E-state index >= 15 is 0 Å². The maximum atomic E-state index is 2.58. The van der Waals surface area contributed by atoms with Crippen molar-refractivity contribution < 1.29 is 51.0 Å². The topological polar surface area (TPSA) is 0 Å². The minimum absolute atomic E-state index is 0. The Bertz CT molecular complexity index is 423. The summed E-state index contributed by atoms with van der Waals surface area (Å²) in [7, 11) is 0. The van der Waals surface area contributed by atoms with Gasteiger partial charge in [0.15, 0.2) is 0 Å². The van der Waals surface area contributed by atoms with Crippen molar-refractivity contribution in [2.45, 2.75) is 40.0 Å². The molecular formula is C17H23Cl2Zr. The number of halogens is 2. The Balaban J connectivity index is 0.00000120. The van der Waals surface area contributed by atoms with Crippen molar-refractivity contribution in [3.63, 3.8) is 0 Å². The molecule has 3 aliphatic rings. The summed E-state index contributed by atoms with van der Waals surface area (Å²) in [6.07, 6.45) is 18.2. The standard InChI is InChI=1S/C17H23.2ClH.Zr/c1-16(2)11-12-17(3,13-7-4-5-8-13)15-10-6-9-14(15)16;;;/h4-5,7,9,11-12,14-15H,6,8,10H2,1-3H3;2*1H;/q-1;;;+3/p-2. The Morgan fingerprint density at radius 2 is 1.85 bits per heavy atom. The van der Waals surface area contributed by atoms with Gasteiger partial charge in [-0.3, -0.25) is 0 Å². The van der Waals surface area contributed by atoms with Gasteiger partial charge in [0, 0.05) is 5.41 Å². The zero-order valence-electron chi connectivity index (χ0n) is 12.5. The maximum absolute atomic E-state index is 2.58. The molecule has 0 aliphatic heterocycles. The molecule has 3 rings (SSSR count). The van der Waals surface area contributed by atoms with E-state index in [1.54, 1.807) is 5.57 Å². The minimum Gasteiger partial charge on any atom is -1.00 e. The van der Waals surface area contributed by atoms with E-state index < -0.39 is 0 Å². The molecule has 1 fully saturated rings. The first-order valence-corrected chi connectivity index (χ1v) is 6.94. The van der Waals surface area contributed by atoms with E-state index in [1.807, 2.05) is 0 Å². The number of fused-ring (bicyclic) bond motifs is 1. The quantitative estimate of drug-likeness (QED) is 0.387. The van der Waals surface area contributed by atoms with Crippen molar-refractivity contribution >= 4 is 0 Å². The van der Waals surface area contributed by atoms with Gasteiger partial charge in [0.1, 0.15) is 0 Å². The SMILES string of the molecule is CC1(C)C=CC(C)(C2=CC=CC2)C2CC[CH-]C21.[Cl-].[Cl-].[Zr+3]. The van der Waals surface area contributed by atoms with Crippen LogP contribution >= 0.6 is 0 Å². The largest absolute Gasteiger partial charge is 3.00 e. The molecule has 0 aromatic heterocycles. The Morgan fingerprint density at radius 1 is 1.15 bits per heavy atom. The molecule has 0 saturated heterocycles. The molecule has 0 aromatic rings. The van der Waals surface area contributed by atoms with E-state index in [9.17, 15) is 0 Å². The second kappa shape index (κ2) is 7.30. The fourth-order valence-corrected chi connectivity index (χ4v) is 4.11. The fourth-order valence-electron chi connectivity index (χ4n) is 4.11. The average Bonchev–Trinajstić information content (AvgIpc) is 2.94. The van der Waals surface area contributed by atoms with Crippen LogP contribution in [0.2, 0.25) is 0 Å². The summed E-state index contributed by atoms with van der Waals surface area (Å²) in [5.41, 5.74) is 2.28. The molecule has 0 nitrogen and oxygen atoms in total. The first-order valence-electron chi connectivity index (χ1n) is 6.94. The molecule has 20 heavy (non-hydrogen) atoms. The van der Waals surface area contributed by atoms with Crippen molar-refractivity contribution in [2.24, 2.45) is 22.7 Å². The summed E-state index contributed by atoms with van der Waals surface area (Å²) in [4.78, 5) is 0. The van der Waals surface area contributed by atoms with Gasteiger partial charge in [-0.15, -0.1) is 0 Å². The molecule has 0 aromatic carbocycles. The van der Waals surface area contributed by atoms with Crippen LogP contribution in [0, 0.1) is 29.1 Å². The van der Waals surface area contributed by atoms with Crippen molar-refractivity contribution in [3.8, 4) is 0 Å². The molecule has 0 heterocycles. The summed E-state index contributed by atoms with van der Waals surface area (Å²) >= 11 is 0. The van der Waals surface area contributed by atoms with E-state index in [0.29, 0.717) is 10.8 Å². The smallest absolute Gasteiger partial charge is 1.00 e. The van der Waals surface area contributed by atoms with Gasteiger partial charge in [0.2, 0.25) is 0 Å². The van der Waals surface area contributed by atoms with Crippen LogP contribution < -0.4 is 24.8 Å². The summed E-state index contributed by atoms with van der Waals surface area (Å²) in [5.74, 6) is 1.58. The van der Waals surface area contributed by atoms with Crippen LogP contribution in [-0.4, -0.2) is 0 Å². The Labute approximate surface area is 155 Å². The first kappa shape index (κ1) is 20.7. The van der Waals surface area contributed by atoms with Crippen molar-refractivity contribution in [1.82, 2.24) is 0 Å². The van der Waals surface area contributed by atoms with Crippen molar-refractivity contribution in [3.05, 3.63) is 42.4 Å². The molecule has 3 unspecified atom stereocenters. The zero-order valence-corrected chi connectivity index (χ0v) is 16.5. The van der Waals surface area contributed by atoms with Crippen molar-refractivity contribution in [1.29, 1.82) is 0 Å². The van der Waals surface area contributed by atoms with Gasteiger partial charge in [0.25, 0.3) is 0 Å². The molecule has 3 heteroatoms. The van der Waals surface area contributed by atoms with Gasteiger partial charge < -0.3 is 31.2 Å². The van der Waals surface area contributed by atoms with Crippen LogP contribution in [0.15, 0.2) is 36.0 Å². The van der Waals surface area contributed by atoms with Crippen LogP contribution in [-0.2, 0) is 26.2 Å². The molecule has 0 amide bonds. The molecule has 1 saturated carbocycles. The third-order valence-corrected chi connectivity index (χ3v) is 5.28. The maximum Gasteiger partial charge on any atom is 3.00 e. The van der Waals surface area contributed by atoms with E-state index in [1.165, 1.54) is 12.8 Å². The molecule has 3 aliphatic carbocycles. The summed E-state index contributed by atoms with van der Waals surface area (Å²) in [6, 6.07) is 0. The Morgan fingerprint density at radius 3 is 2.45 bits per heavy atom. The molecule has 0 N–H and O–H groups in total. The van der Waals surface area contributed by atoms with E-state index in [4.69, 9.17) is 0 Å². The van der Waals surface area contributed by atoms with Gasteiger partial charge >= 0.3 is 26.2 Å². The summed E-state index contributed by atoms with van der Waals surface area (Å²) < 4.78 is 0. The minimum atomic E-state index is 0. The number of hydrogen-bond acceptors (Lipinski definition) is 0. The molecule has 1 radical (unpaired) electrons. The van der Waals surface area contributed by atoms with E-state index in [2.05, 4.69) is 57.6 Å². The average molecular weight is 390 g/mol. The molecule has 109 valence electrons. The van der Waals surface area contributed by atoms with Gasteiger partial charge in [-0.2, -0.15) is 12.3 Å². The summed E-state index contributed by atoms with van der Waals surface area (Å²) in [5, 5.41) is 0. The summed E-state index contributed by atoms with van der Waals surface area (Å²) in [6.45, 7) is 7.24. The fraction of sp³-hybridized carbons (Fsp3) is 0.588. The van der Waals surface area contributed by atoms with E-state index in [-0.39, 0.29) is 51.0 Å². The second-order valence-electron chi connectivity index (χ2n) is 6.71. The van der Waals surface area contributed by atoms with Crippen LogP contribution in [0.5, 0.6) is 0 Å². The Hall–Kier alpha value is 0.683. The second-order valence-corrected chi connectivity index (χ2v) is 6.71. The molecule has 0 bridgehead atoms. The number of allylic oxidation sites excluding steroid dienone is 6. The third kappa shape index (κ3) is 3.21. The third-order valence-electron chi connectivity index (χ3n) is 5.28. The zero-order chi connectivity index (χ0) is 12.1. The van der Waals surface area contributed by atoms with Crippen LogP contribution in [0.25, 0.3) is 0 Å². The normalized spacial score (nSPS) is 36.2. The van der Waals surface area contributed by atoms with Gasteiger partial charge in [-0.05, 0) is 11.8 Å². The van der Waals surface area contributed by atoms with Crippen LogP contribution in [0.3, 0.4) is 0 Å². The van der Waals surface area contributed by atoms with Crippen molar-refractivity contribution in [2.75, 3.05) is 0 Å². The molecule has 0 spiro atoms. The van der Waals surface area contributed by atoms with Crippen LogP contribution in [0.4, 0.5) is 0 Å². The van der Waals surface area contributed by atoms with E-state index in [0.717, 1.165) is 18.3 Å². The van der Waals surface area contributed by atoms with Crippen LogP contribution in [0.1, 0.15) is 40.0 Å². The predicted molar refractivity (Wildman–Crippen MR) is 73.4 cm³/mol. The van der Waals surface area contributed by atoms with Gasteiger partial charge in [-0.25, -0.2) is 0 Å². The number of rotatable bonds is 1. The Kier molecular flexibility index (Phi) is 7.55. The molecule has 3 atom stereocenters. The molecular weight excluding hydrogens is 366 g/mol. The number of hydrogen-bond donors (Lipinski definition) is 0. The van der Waals surface area contributed by atoms with Gasteiger partial charge in [-0.1, -0.05) is 69.1 Å². The monoisotopic (exact) mass is 387 g/mol. The first-order chi connectivity index (χ1) is 8.04.